The quantitative estimate of drug-likeness (QED) is 0.366. The summed E-state index contributed by atoms with van der Waals surface area (Å²) in [4.78, 5) is 19.6. The van der Waals surface area contributed by atoms with E-state index < -0.39 is 4.92 Å². The van der Waals surface area contributed by atoms with E-state index >= 15 is 0 Å². The normalized spacial score (nSPS) is 10.5. The summed E-state index contributed by atoms with van der Waals surface area (Å²) in [6.07, 6.45) is 4.56. The van der Waals surface area contributed by atoms with Gasteiger partial charge in [0.2, 0.25) is 0 Å². The molecule has 6 nitrogen and oxygen atoms in total. The second-order valence-electron chi connectivity index (χ2n) is 4.38. The van der Waals surface area contributed by atoms with Crippen LogP contribution in [0.15, 0.2) is 46.7 Å². The predicted octanol–water partition coefficient (Wildman–Crippen LogP) is 3.04. The van der Waals surface area contributed by atoms with Gasteiger partial charge in [-0.2, -0.15) is 0 Å². The van der Waals surface area contributed by atoms with Gasteiger partial charge in [0, 0.05) is 30.6 Å². The summed E-state index contributed by atoms with van der Waals surface area (Å²) in [5.74, 6) is 0. The number of aromatic nitrogens is 2. The molecule has 0 aliphatic carbocycles. The highest BCUT2D eigenvalue weighted by atomic mass is 32.2. The Labute approximate surface area is 127 Å². The molecule has 7 heteroatoms. The molecule has 0 aliphatic heterocycles. The molecule has 1 aromatic carbocycles. The molecule has 1 aromatic heterocycles. The Balaban J connectivity index is 2.05. The third-order valence-electron chi connectivity index (χ3n) is 2.70. The number of hydrogen-bond donors (Lipinski definition) is 1. The van der Waals surface area contributed by atoms with Gasteiger partial charge in [0.25, 0.3) is 5.69 Å². The summed E-state index contributed by atoms with van der Waals surface area (Å²) in [7, 11) is 0. The average Bonchev–Trinajstić information content (AvgIpc) is 2.50. The van der Waals surface area contributed by atoms with Gasteiger partial charge in [-0.05, 0) is 30.8 Å². The molecule has 0 bridgehead atoms. The first-order valence-electron chi connectivity index (χ1n) is 6.63. The Hall–Kier alpha value is -1.99. The van der Waals surface area contributed by atoms with Crippen molar-refractivity contribution in [2.24, 2.45) is 0 Å². The third-order valence-corrected chi connectivity index (χ3v) is 3.66. The Morgan fingerprint density at radius 2 is 2.00 bits per heavy atom. The molecule has 0 saturated heterocycles. The van der Waals surface area contributed by atoms with E-state index in [-0.39, 0.29) is 5.69 Å². The van der Waals surface area contributed by atoms with Crippen molar-refractivity contribution in [3.8, 4) is 0 Å². The fraction of sp³-hybridized carbons (Fsp3) is 0.286. The van der Waals surface area contributed by atoms with Crippen molar-refractivity contribution >= 4 is 17.4 Å². The number of para-hydroxylation sites is 1. The highest BCUT2D eigenvalue weighted by Crippen LogP contribution is 2.32. The van der Waals surface area contributed by atoms with Gasteiger partial charge in [-0.1, -0.05) is 19.1 Å². The maximum absolute atomic E-state index is 11.0. The van der Waals surface area contributed by atoms with E-state index in [1.165, 1.54) is 17.8 Å². The lowest BCUT2D eigenvalue weighted by Crippen LogP contribution is -2.14. The summed E-state index contributed by atoms with van der Waals surface area (Å²) in [5, 5.41) is 14.7. The summed E-state index contributed by atoms with van der Waals surface area (Å²) < 4.78 is 0. The van der Waals surface area contributed by atoms with E-state index in [2.05, 4.69) is 22.2 Å². The van der Waals surface area contributed by atoms with Crippen LogP contribution in [-0.2, 0) is 6.54 Å². The second kappa shape index (κ2) is 7.70. The zero-order valence-corrected chi connectivity index (χ0v) is 12.5. The molecule has 2 rings (SSSR count). The fourth-order valence-corrected chi connectivity index (χ4v) is 2.49. The van der Waals surface area contributed by atoms with Gasteiger partial charge in [0.15, 0.2) is 5.16 Å². The molecule has 21 heavy (non-hydrogen) atoms. The minimum Gasteiger partial charge on any atom is -0.313 e. The lowest BCUT2D eigenvalue weighted by Gasteiger charge is -2.04. The number of rotatable bonds is 7. The first kappa shape index (κ1) is 15.4. The number of nitrogens with zero attached hydrogens (tertiary/aromatic N) is 3. The second-order valence-corrected chi connectivity index (χ2v) is 5.39. The van der Waals surface area contributed by atoms with Gasteiger partial charge in [-0.3, -0.25) is 10.1 Å². The Morgan fingerprint density at radius 1 is 1.29 bits per heavy atom. The third kappa shape index (κ3) is 4.51. The molecule has 110 valence electrons. The molecule has 0 spiro atoms. The van der Waals surface area contributed by atoms with Crippen LogP contribution in [0.3, 0.4) is 0 Å². The number of nitrogens with one attached hydrogen (secondary N) is 1. The molecule has 0 aliphatic rings. The lowest BCUT2D eigenvalue weighted by atomic mass is 10.3. The van der Waals surface area contributed by atoms with E-state index in [1.807, 2.05) is 0 Å². The highest BCUT2D eigenvalue weighted by Gasteiger charge is 2.14. The number of hydrogen-bond acceptors (Lipinski definition) is 6. The van der Waals surface area contributed by atoms with Crippen molar-refractivity contribution in [2.45, 2.75) is 29.9 Å². The van der Waals surface area contributed by atoms with Crippen LogP contribution in [0.1, 0.15) is 18.9 Å². The molecule has 0 saturated carbocycles. The maximum Gasteiger partial charge on any atom is 0.283 e. The molecular formula is C14H16N4O2S. The van der Waals surface area contributed by atoms with E-state index in [1.54, 1.807) is 30.6 Å². The topological polar surface area (TPSA) is 81.0 Å². The first-order chi connectivity index (χ1) is 10.2. The molecule has 0 radical (unpaired) electrons. The van der Waals surface area contributed by atoms with Gasteiger partial charge in [0.05, 0.1) is 9.82 Å². The molecule has 2 aromatic rings. The smallest absolute Gasteiger partial charge is 0.283 e. The van der Waals surface area contributed by atoms with Crippen molar-refractivity contribution in [3.63, 3.8) is 0 Å². The van der Waals surface area contributed by atoms with Crippen LogP contribution >= 0.6 is 11.8 Å². The number of nitro groups is 1. The predicted molar refractivity (Wildman–Crippen MR) is 81.2 cm³/mol. The van der Waals surface area contributed by atoms with Crippen LogP contribution in [0.5, 0.6) is 0 Å². The highest BCUT2D eigenvalue weighted by molar-refractivity contribution is 7.99. The Morgan fingerprint density at radius 3 is 2.67 bits per heavy atom. The van der Waals surface area contributed by atoms with Gasteiger partial charge in [-0.15, -0.1) is 0 Å². The number of benzene rings is 1. The molecule has 0 amide bonds. The van der Waals surface area contributed by atoms with Crippen LogP contribution < -0.4 is 5.32 Å². The molecular weight excluding hydrogens is 288 g/mol. The largest absolute Gasteiger partial charge is 0.313 e. The Kier molecular flexibility index (Phi) is 5.65. The van der Waals surface area contributed by atoms with E-state index in [0.717, 1.165) is 25.1 Å². The molecule has 1 heterocycles. The van der Waals surface area contributed by atoms with E-state index in [0.29, 0.717) is 10.1 Å². The van der Waals surface area contributed by atoms with Crippen LogP contribution in [0.4, 0.5) is 5.69 Å². The average molecular weight is 304 g/mol. The molecule has 1 N–H and O–H groups in total. The zero-order chi connectivity index (χ0) is 15.1. The molecule has 0 unspecified atom stereocenters. The summed E-state index contributed by atoms with van der Waals surface area (Å²) in [5.41, 5.74) is 1.06. The standard InChI is InChI=1S/C14H16N4O2S/c1-2-7-15-8-11-9-16-14(17-10-11)21-13-6-4-3-5-12(13)18(19)20/h3-6,9-10,15H,2,7-8H2,1H3. The van der Waals surface area contributed by atoms with E-state index in [4.69, 9.17) is 0 Å². The summed E-state index contributed by atoms with van der Waals surface area (Å²) in [6, 6.07) is 6.58. The SMILES string of the molecule is CCCNCc1cnc(Sc2ccccc2[N+](=O)[O-])nc1. The Bertz CT molecular complexity index is 604. The van der Waals surface area contributed by atoms with Gasteiger partial charge in [0.1, 0.15) is 0 Å². The van der Waals surface area contributed by atoms with Crippen molar-refractivity contribution in [2.75, 3.05) is 6.54 Å². The van der Waals surface area contributed by atoms with Crippen molar-refractivity contribution < 1.29 is 4.92 Å². The van der Waals surface area contributed by atoms with Gasteiger partial charge >= 0.3 is 0 Å². The first-order valence-corrected chi connectivity index (χ1v) is 7.45. The lowest BCUT2D eigenvalue weighted by molar-refractivity contribution is -0.387. The molecule has 0 atom stereocenters. The van der Waals surface area contributed by atoms with Gasteiger partial charge < -0.3 is 5.32 Å². The monoisotopic (exact) mass is 304 g/mol. The van der Waals surface area contributed by atoms with Crippen molar-refractivity contribution in [1.29, 1.82) is 0 Å². The van der Waals surface area contributed by atoms with Crippen LogP contribution in [0.25, 0.3) is 0 Å². The molecule has 0 fully saturated rings. The minimum atomic E-state index is -0.397. The van der Waals surface area contributed by atoms with Crippen LogP contribution in [0.2, 0.25) is 0 Å². The van der Waals surface area contributed by atoms with Crippen molar-refractivity contribution in [1.82, 2.24) is 15.3 Å². The van der Waals surface area contributed by atoms with Crippen LogP contribution in [0, 0.1) is 10.1 Å². The zero-order valence-electron chi connectivity index (χ0n) is 11.7. The van der Waals surface area contributed by atoms with Crippen LogP contribution in [-0.4, -0.2) is 21.4 Å². The van der Waals surface area contributed by atoms with E-state index in [9.17, 15) is 10.1 Å². The van der Waals surface area contributed by atoms with Gasteiger partial charge in [-0.25, -0.2) is 9.97 Å². The maximum atomic E-state index is 11.0. The summed E-state index contributed by atoms with van der Waals surface area (Å²) in [6.45, 7) is 3.78. The minimum absolute atomic E-state index is 0.0692. The fourth-order valence-electron chi connectivity index (χ4n) is 1.69. The van der Waals surface area contributed by atoms with Crippen molar-refractivity contribution in [3.05, 3.63) is 52.3 Å². The summed E-state index contributed by atoms with van der Waals surface area (Å²) >= 11 is 1.20. The number of nitro benzene ring substituents is 1.